The van der Waals surface area contributed by atoms with Crippen molar-refractivity contribution in [3.05, 3.63) is 232 Å². The molecule has 2 aromatic heterocycles. The number of guanidine groups is 4. The smallest absolute Gasteiger partial charge is 0.303 e. The Morgan fingerprint density at radius 2 is 0.600 bits per heavy atom. The van der Waals surface area contributed by atoms with Gasteiger partial charge in [0.2, 0.25) is 0 Å². The van der Waals surface area contributed by atoms with Gasteiger partial charge in [0.25, 0.3) is 23.6 Å². The van der Waals surface area contributed by atoms with E-state index in [0.29, 0.717) is 91.4 Å². The molecule has 0 fully saturated rings. The maximum Gasteiger partial charge on any atom is 0.303 e. The molecule has 0 bridgehead atoms. The van der Waals surface area contributed by atoms with Gasteiger partial charge in [0.05, 0.1) is 138 Å². The standard InChI is InChI=1S/C27H33BrN4O6.C27H32ClFN4O5.C26H31ClFN5O4.C26H32ClN5O5/c1-27(2,3)18-4-15(5-19(28)10-18)16(9-24(36)37)7-22(34)12-29-25(38)17-6-20(11-21(33)8-17)32-26-30-13-23(35)14-31-26;1-27(2,3)18-4-15(5-19(28)10-18)16(9-24(36)37)7-23(35)14-30-25(38)17-6-21(11-22(34)8-17)33-26-31-12-20(29)13-32-26;1-26(2,3)18-4-15(5-19(27)9-18)16(8-23(35)36)7-22(34)14-30-24(37)17-6-21(13-29-10-17)33-25-31-11-20(28)12-32-25;1-26(2,3)18-4-15(5-19(27)9-18)16(8-23(35)36)7-21(33)12-29-24(37)17-6-20(11-28-10-17)32-25-30-13-22(34)14-31-25/h4-6,8,10-11,16,23,33,35H,7,9,12-14H2,1-3H3,(H,29,38)(H,36,37)(H2,30,31,32);4-6,8,10-11,16,20,34H,7,9,12-14H2,1-3H3,(H,30,38)(H,36,37)(H2,31,32,33);4-6,9-10,13,16,20H,7-8,11-12,14H2,1-3H3,(H,30,37)(H,35,36)(H2,31,32,33);4-6,9-11,16,22,34H,7-8,12-14H2,1-3H3,(H,29,37)(H,35,36)(H2,30,31,32)/t4*16-/m0000/s1. The highest BCUT2D eigenvalue weighted by Crippen LogP contribution is 2.39. The van der Waals surface area contributed by atoms with Crippen LogP contribution in [0.2, 0.25) is 15.1 Å². The number of hydrogen-bond acceptors (Lipinski definition) is 30. The van der Waals surface area contributed by atoms with Gasteiger partial charge in [0, 0.05) is 129 Å². The molecule has 20 N–H and O–H groups in total. The number of aliphatic hydroxyl groups excluding tert-OH is 2. The summed E-state index contributed by atoms with van der Waals surface area (Å²) in [6.45, 7) is 24.6. The van der Waals surface area contributed by atoms with Gasteiger partial charge in [-0.15, -0.1) is 0 Å². The Morgan fingerprint density at radius 1 is 0.340 bits per heavy atom. The first kappa shape index (κ1) is 119. The summed E-state index contributed by atoms with van der Waals surface area (Å²) in [5.41, 5.74) is 8.12. The number of carboxylic acid groups (broad SMARTS) is 4. The number of pyridine rings is 2. The highest BCUT2D eigenvalue weighted by molar-refractivity contribution is 9.10. The lowest BCUT2D eigenvalue weighted by Crippen LogP contribution is -2.42. The van der Waals surface area contributed by atoms with Gasteiger partial charge in [0.15, 0.2) is 47.0 Å². The number of phenols is 2. The van der Waals surface area contributed by atoms with Crippen molar-refractivity contribution in [2.75, 3.05) is 99.8 Å². The van der Waals surface area contributed by atoms with Crippen molar-refractivity contribution >= 4 is 168 Å². The van der Waals surface area contributed by atoms with Gasteiger partial charge in [0.1, 0.15) is 23.8 Å². The van der Waals surface area contributed by atoms with E-state index in [2.05, 4.69) is 130 Å². The van der Waals surface area contributed by atoms with Crippen LogP contribution in [0.1, 0.15) is 244 Å². The van der Waals surface area contributed by atoms with Gasteiger partial charge in [-0.05, 0) is 151 Å². The quantitative estimate of drug-likeness (QED) is 0.0173. The highest BCUT2D eigenvalue weighted by atomic mass is 79.9. The van der Waals surface area contributed by atoms with E-state index >= 15 is 0 Å². The molecule has 6 heterocycles. The fraction of sp³-hybridized carbons (Fsp3) is 0.415. The molecule has 4 amide bonds. The number of rotatable bonds is 36. The number of β-amino-alcohol motifs (C(OH)–C–C–N with tert-alkyl or cyclic N) is 2. The molecule has 44 heteroatoms. The normalized spacial score (nSPS) is 16.2. The molecular weight excluding hydrogens is 2070 g/mol. The van der Waals surface area contributed by atoms with E-state index in [9.17, 15) is 107 Å². The van der Waals surface area contributed by atoms with Crippen molar-refractivity contribution in [2.24, 2.45) is 20.0 Å². The number of nitrogens with one attached hydrogen (secondary N) is 12. The summed E-state index contributed by atoms with van der Waals surface area (Å²) in [5.74, 6) is -8.79. The maximum absolute atomic E-state index is 13.2. The number of anilines is 4. The summed E-state index contributed by atoms with van der Waals surface area (Å²) < 4.78 is 27.3. The van der Waals surface area contributed by atoms with Crippen LogP contribution in [-0.4, -0.2) is 248 Å². The molecule has 0 saturated carbocycles. The number of carbonyl (C=O) groups is 12. The fourth-order valence-corrected chi connectivity index (χ4v) is 16.8. The van der Waals surface area contributed by atoms with Crippen LogP contribution in [0.15, 0.2) is 171 Å². The Bertz CT molecular complexity index is 6010. The highest BCUT2D eigenvalue weighted by Gasteiger charge is 2.32. The number of carboxylic acids is 4. The summed E-state index contributed by atoms with van der Waals surface area (Å²) >= 11 is 22.4. The monoisotopic (exact) mass is 2190 g/mol. The zero-order valence-corrected chi connectivity index (χ0v) is 88.9. The molecule has 150 heavy (non-hydrogen) atoms. The van der Waals surface area contributed by atoms with Crippen LogP contribution in [0, 0.1) is 0 Å². The lowest BCUT2D eigenvalue weighted by atomic mass is 9.83. The third kappa shape index (κ3) is 40.4. The molecule has 0 spiro atoms. The van der Waals surface area contributed by atoms with Crippen LogP contribution in [0.5, 0.6) is 11.5 Å². The van der Waals surface area contributed by atoms with Gasteiger partial charge >= 0.3 is 23.9 Å². The zero-order chi connectivity index (χ0) is 110. The van der Waals surface area contributed by atoms with Crippen LogP contribution in [0.4, 0.5) is 31.5 Å². The molecule has 8 aromatic rings. The van der Waals surface area contributed by atoms with Crippen molar-refractivity contribution < 1.29 is 107 Å². The lowest BCUT2D eigenvalue weighted by molar-refractivity contribution is -0.138. The average Bonchev–Trinajstić information content (AvgIpc) is 0.823. The molecule has 4 unspecified atom stereocenters. The van der Waals surface area contributed by atoms with Crippen LogP contribution >= 0.6 is 50.7 Å². The minimum Gasteiger partial charge on any atom is -0.508 e. The van der Waals surface area contributed by atoms with Crippen molar-refractivity contribution in [3.63, 3.8) is 0 Å². The predicted molar refractivity (Wildman–Crippen MR) is 573 cm³/mol. The first-order valence-corrected chi connectivity index (χ1v) is 50.1. The second kappa shape index (κ2) is 54.9. The third-order valence-corrected chi connectivity index (χ3v) is 24.7. The predicted octanol–water partition coefficient (Wildman–Crippen LogP) is 13.5. The number of halogens is 6. The number of benzene rings is 6. The van der Waals surface area contributed by atoms with Gasteiger partial charge in [-0.25, -0.2) is 18.8 Å². The molecular formula is C106H128BrCl3F2N18O20. The summed E-state index contributed by atoms with van der Waals surface area (Å²) in [4.78, 5) is 172. The number of aromatic hydroxyl groups is 2. The van der Waals surface area contributed by atoms with Gasteiger partial charge < -0.3 is 105 Å². The van der Waals surface area contributed by atoms with Gasteiger partial charge in [-0.1, -0.05) is 158 Å². The average molecular weight is 2200 g/mol. The molecule has 0 aliphatic carbocycles. The van der Waals surface area contributed by atoms with E-state index in [1.807, 2.05) is 117 Å². The van der Waals surface area contributed by atoms with Crippen LogP contribution < -0.4 is 63.8 Å². The Labute approximate surface area is 890 Å². The minimum absolute atomic E-state index is 0.000813. The molecule has 0 radical (unpaired) electrons. The molecule has 12 rings (SSSR count). The van der Waals surface area contributed by atoms with Crippen LogP contribution in [0.25, 0.3) is 0 Å². The van der Waals surface area contributed by atoms with Crippen molar-refractivity contribution in [2.45, 2.75) is 204 Å². The van der Waals surface area contributed by atoms with Gasteiger partial charge in [-0.2, -0.15) is 0 Å². The molecule has 4 aliphatic rings. The number of nitrogens with zero attached hydrogens (tertiary/aromatic N) is 6. The first-order valence-electron chi connectivity index (χ1n) is 48.2. The third-order valence-electron chi connectivity index (χ3n) is 23.6. The van der Waals surface area contributed by atoms with Crippen molar-refractivity contribution in [3.8, 4) is 11.5 Å². The van der Waals surface area contributed by atoms with E-state index in [1.54, 1.807) is 24.3 Å². The van der Waals surface area contributed by atoms with Crippen molar-refractivity contribution in [1.82, 2.24) is 52.5 Å². The molecule has 4 aliphatic heterocycles. The Kier molecular flexibility index (Phi) is 43.7. The first-order chi connectivity index (χ1) is 70.4. The summed E-state index contributed by atoms with van der Waals surface area (Å²) in [5, 5.41) is 112. The number of aliphatic hydroxyl groups is 2. The number of phenolic OH excluding ortho intramolecular Hbond substituents is 2. The van der Waals surface area contributed by atoms with E-state index in [0.717, 1.165) is 32.3 Å². The number of hydrogen-bond donors (Lipinski definition) is 20. The van der Waals surface area contributed by atoms with E-state index < -0.39 is 95.7 Å². The van der Waals surface area contributed by atoms with E-state index in [-0.39, 0.29) is 195 Å². The zero-order valence-electron chi connectivity index (χ0n) is 85.0. The van der Waals surface area contributed by atoms with E-state index in [4.69, 9.17) is 34.8 Å². The molecule has 0 saturated heterocycles. The molecule has 6 aromatic carbocycles. The number of aromatic nitrogens is 2. The number of aliphatic carboxylic acids is 4. The second-order valence-electron chi connectivity index (χ2n) is 40.7. The number of aliphatic imine (C=N–C) groups is 4. The number of Topliss-reactive ketones (excluding diaryl/α,β-unsaturated/α-hetero) is 4. The largest absolute Gasteiger partial charge is 0.508 e. The van der Waals surface area contributed by atoms with Crippen LogP contribution in [-0.2, 0) is 60.0 Å². The SMILES string of the molecule is CC(C)(C)c1cc(Br)cc([C@H](CC(=O)O)CC(=O)CNC(=O)c2cc(O)cc(NC3=NCC(O)CN3)c2)c1.CC(C)(C)c1cc(Cl)cc([C@H](CC(=O)O)CC(=O)CNC(=O)c2cc(O)cc(NC3=NCC(F)CN3)c2)c1.CC(C)(C)c1cc(Cl)cc([C@H](CC(=O)O)CC(=O)CNC(=O)c2cncc(NC3=NCC(F)CN3)c2)c1.CC(C)(C)c1cc(Cl)cc([C@H](CC(=O)O)CC(=O)CNC(=O)c2cncc(NC3=NCC(O)CN3)c2)c1. The van der Waals surface area contributed by atoms with E-state index in [1.165, 1.54) is 67.3 Å². The molecule has 38 nitrogen and oxygen atoms in total. The summed E-state index contributed by atoms with van der Waals surface area (Å²) in [6, 6.07) is 33.2. The second-order valence-corrected chi connectivity index (χ2v) is 42.9. The Morgan fingerprint density at radius 3 is 0.867 bits per heavy atom. The number of carbonyl (C=O) groups excluding carboxylic acids is 8. The van der Waals surface area contributed by atoms with Crippen molar-refractivity contribution in [1.29, 1.82) is 0 Å². The number of ketones is 4. The Balaban J connectivity index is 0.000000222. The molecule has 8 atom stereocenters. The maximum atomic E-state index is 13.2. The van der Waals surface area contributed by atoms with Gasteiger partial charge in [-0.3, -0.25) is 77.5 Å². The summed E-state index contributed by atoms with van der Waals surface area (Å²) in [6.07, 6.45) is 1.18. The topological polar surface area (TPSA) is 586 Å². The van der Waals surface area contributed by atoms with Crippen LogP contribution in [0.3, 0.4) is 0 Å². The minimum atomic E-state index is -1.09. The number of amides is 4. The molecule has 804 valence electrons. The lowest BCUT2D eigenvalue weighted by Gasteiger charge is -2.23. The Hall–Kier alpha value is -14.1. The number of alkyl halides is 2. The fourth-order valence-electron chi connectivity index (χ4n) is 15.6. The summed E-state index contributed by atoms with van der Waals surface area (Å²) in [7, 11) is 0.